The number of rotatable bonds is 2. The van der Waals surface area contributed by atoms with Gasteiger partial charge < -0.3 is 4.90 Å². The molecule has 1 aromatic heterocycles. The lowest BCUT2D eigenvalue weighted by atomic mass is 10.2. The van der Waals surface area contributed by atoms with Gasteiger partial charge in [0.1, 0.15) is 5.82 Å². The lowest BCUT2D eigenvalue weighted by molar-refractivity contribution is -0.137. The van der Waals surface area contributed by atoms with Crippen molar-refractivity contribution in [3.8, 4) is 0 Å². The average Bonchev–Trinajstić information content (AvgIpc) is 2.76. The molecular weight excluding hydrogens is 332 g/mol. The van der Waals surface area contributed by atoms with Gasteiger partial charge in [-0.1, -0.05) is 27.5 Å². The summed E-state index contributed by atoms with van der Waals surface area (Å²) in [6.07, 6.45) is -2.58. The van der Waals surface area contributed by atoms with Crippen LogP contribution in [0.1, 0.15) is 12.0 Å². The molecule has 1 unspecified atom stereocenters. The van der Waals surface area contributed by atoms with Gasteiger partial charge in [0, 0.05) is 24.6 Å². The van der Waals surface area contributed by atoms with Crippen LogP contribution < -0.4 is 4.90 Å². The van der Waals surface area contributed by atoms with Crippen LogP contribution in [0, 0.1) is 5.92 Å². The molecule has 100 valence electrons. The van der Waals surface area contributed by atoms with Crippen molar-refractivity contribution >= 4 is 33.3 Å². The van der Waals surface area contributed by atoms with Crippen molar-refractivity contribution < 1.29 is 13.2 Å². The molecule has 0 saturated carbocycles. The van der Waals surface area contributed by atoms with E-state index in [1.54, 1.807) is 0 Å². The molecule has 0 bridgehead atoms. The number of hydrogen-bond acceptors (Lipinski definition) is 2. The maximum atomic E-state index is 12.5. The molecular formula is C11H11BrClF3N2. The number of pyridine rings is 1. The van der Waals surface area contributed by atoms with Gasteiger partial charge in [-0.3, -0.25) is 0 Å². The van der Waals surface area contributed by atoms with E-state index in [0.29, 0.717) is 11.7 Å². The molecule has 1 atom stereocenters. The van der Waals surface area contributed by atoms with Crippen LogP contribution in [0.15, 0.2) is 12.3 Å². The first-order valence-corrected chi connectivity index (χ1v) is 6.95. The van der Waals surface area contributed by atoms with Crippen LogP contribution in [0.5, 0.6) is 0 Å². The second-order valence-electron chi connectivity index (χ2n) is 4.28. The fraction of sp³-hybridized carbons (Fsp3) is 0.545. The Hall–Kier alpha value is -0.490. The third-order valence-corrected chi connectivity index (χ3v) is 4.15. The lowest BCUT2D eigenvalue weighted by Crippen LogP contribution is -2.22. The van der Waals surface area contributed by atoms with Crippen LogP contribution in [0.4, 0.5) is 19.0 Å². The van der Waals surface area contributed by atoms with Crippen LogP contribution in [-0.4, -0.2) is 23.4 Å². The van der Waals surface area contributed by atoms with Gasteiger partial charge in [-0.25, -0.2) is 4.98 Å². The van der Waals surface area contributed by atoms with Gasteiger partial charge in [0.25, 0.3) is 0 Å². The van der Waals surface area contributed by atoms with E-state index < -0.39 is 11.7 Å². The molecule has 0 N–H and O–H groups in total. The molecule has 0 aliphatic carbocycles. The highest BCUT2D eigenvalue weighted by molar-refractivity contribution is 9.09. The van der Waals surface area contributed by atoms with Crippen molar-refractivity contribution in [1.29, 1.82) is 0 Å². The summed E-state index contributed by atoms with van der Waals surface area (Å²) in [5, 5.41) is 0.932. The molecule has 1 aliphatic heterocycles. The SMILES string of the molecule is FC(F)(F)c1cnc(N2CCC(CBr)C2)c(Cl)c1. The highest BCUT2D eigenvalue weighted by Gasteiger charge is 2.32. The zero-order valence-corrected chi connectivity index (χ0v) is 11.7. The average molecular weight is 344 g/mol. The summed E-state index contributed by atoms with van der Waals surface area (Å²) < 4.78 is 37.4. The van der Waals surface area contributed by atoms with Crippen molar-refractivity contribution in [2.24, 2.45) is 5.92 Å². The number of hydrogen-bond donors (Lipinski definition) is 0. The summed E-state index contributed by atoms with van der Waals surface area (Å²) in [5.74, 6) is 0.929. The van der Waals surface area contributed by atoms with Crippen molar-refractivity contribution in [2.45, 2.75) is 12.6 Å². The largest absolute Gasteiger partial charge is 0.417 e. The number of anilines is 1. The Kier molecular flexibility index (Phi) is 4.06. The molecule has 2 heterocycles. The molecule has 1 fully saturated rings. The zero-order valence-electron chi connectivity index (χ0n) is 9.34. The minimum absolute atomic E-state index is 0.0556. The molecule has 0 aromatic carbocycles. The van der Waals surface area contributed by atoms with Gasteiger partial charge in [-0.15, -0.1) is 0 Å². The normalized spacial score (nSPS) is 20.5. The van der Waals surface area contributed by atoms with Crippen LogP contribution in [-0.2, 0) is 6.18 Å². The molecule has 1 aliphatic rings. The molecule has 1 aromatic rings. The minimum Gasteiger partial charge on any atom is -0.355 e. The van der Waals surface area contributed by atoms with Gasteiger partial charge in [0.05, 0.1) is 10.6 Å². The molecule has 1 saturated heterocycles. The maximum Gasteiger partial charge on any atom is 0.417 e. The zero-order chi connectivity index (χ0) is 13.3. The molecule has 0 radical (unpaired) electrons. The topological polar surface area (TPSA) is 16.1 Å². The number of nitrogens with zero attached hydrogens (tertiary/aromatic N) is 2. The van der Waals surface area contributed by atoms with Crippen LogP contribution >= 0.6 is 27.5 Å². The van der Waals surface area contributed by atoms with Crippen molar-refractivity contribution in [3.63, 3.8) is 0 Å². The third-order valence-electron chi connectivity index (χ3n) is 2.95. The van der Waals surface area contributed by atoms with E-state index in [-0.39, 0.29) is 5.02 Å². The predicted octanol–water partition coefficient (Wildman–Crippen LogP) is 3.98. The summed E-state index contributed by atoms with van der Waals surface area (Å²) in [7, 11) is 0. The number of halogens is 5. The fourth-order valence-electron chi connectivity index (χ4n) is 1.97. The molecule has 18 heavy (non-hydrogen) atoms. The number of aromatic nitrogens is 1. The van der Waals surface area contributed by atoms with Crippen LogP contribution in [0.2, 0.25) is 5.02 Å². The standard InChI is InChI=1S/C11H11BrClF3N2/c12-4-7-1-2-18(6-7)10-9(13)3-8(5-17-10)11(14,15)16/h3,5,7H,1-2,4,6H2. The van der Waals surface area contributed by atoms with E-state index in [2.05, 4.69) is 20.9 Å². The Morgan fingerprint density at radius 1 is 1.50 bits per heavy atom. The molecule has 2 nitrogen and oxygen atoms in total. The Morgan fingerprint density at radius 3 is 2.72 bits per heavy atom. The van der Waals surface area contributed by atoms with Crippen molar-refractivity contribution in [3.05, 3.63) is 22.8 Å². The second kappa shape index (κ2) is 5.25. The summed E-state index contributed by atoms with van der Waals surface area (Å²) in [6, 6.07) is 0.936. The first-order chi connectivity index (χ1) is 8.41. The molecule has 0 spiro atoms. The lowest BCUT2D eigenvalue weighted by Gasteiger charge is -2.19. The fourth-order valence-corrected chi connectivity index (χ4v) is 2.78. The van der Waals surface area contributed by atoms with Gasteiger partial charge in [-0.05, 0) is 18.4 Å². The van der Waals surface area contributed by atoms with E-state index >= 15 is 0 Å². The van der Waals surface area contributed by atoms with Crippen molar-refractivity contribution in [2.75, 3.05) is 23.3 Å². The number of alkyl halides is 4. The monoisotopic (exact) mass is 342 g/mol. The molecule has 0 amide bonds. The summed E-state index contributed by atoms with van der Waals surface area (Å²) in [6.45, 7) is 1.54. The Balaban J connectivity index is 2.21. The van der Waals surface area contributed by atoms with Gasteiger partial charge in [-0.2, -0.15) is 13.2 Å². The minimum atomic E-state index is -4.40. The van der Waals surface area contributed by atoms with E-state index in [1.165, 1.54) is 0 Å². The first kappa shape index (κ1) is 13.9. The third kappa shape index (κ3) is 2.91. The summed E-state index contributed by atoms with van der Waals surface area (Å²) in [4.78, 5) is 5.78. The quantitative estimate of drug-likeness (QED) is 0.755. The van der Waals surface area contributed by atoms with Gasteiger partial charge in [0.2, 0.25) is 0 Å². The van der Waals surface area contributed by atoms with E-state index in [4.69, 9.17) is 11.6 Å². The second-order valence-corrected chi connectivity index (χ2v) is 5.34. The summed E-state index contributed by atoms with van der Waals surface area (Å²) in [5.41, 5.74) is -0.813. The highest BCUT2D eigenvalue weighted by atomic mass is 79.9. The van der Waals surface area contributed by atoms with E-state index in [9.17, 15) is 13.2 Å². The summed E-state index contributed by atoms with van der Waals surface area (Å²) >= 11 is 9.29. The highest BCUT2D eigenvalue weighted by Crippen LogP contribution is 2.35. The first-order valence-electron chi connectivity index (χ1n) is 5.45. The smallest absolute Gasteiger partial charge is 0.355 e. The Bertz CT molecular complexity index is 439. The maximum absolute atomic E-state index is 12.5. The van der Waals surface area contributed by atoms with Gasteiger partial charge in [0.15, 0.2) is 0 Å². The van der Waals surface area contributed by atoms with Crippen molar-refractivity contribution in [1.82, 2.24) is 4.98 Å². The Morgan fingerprint density at radius 2 is 2.22 bits per heavy atom. The van der Waals surface area contributed by atoms with E-state index in [0.717, 1.165) is 37.1 Å². The Labute approximate surface area is 116 Å². The van der Waals surface area contributed by atoms with Crippen LogP contribution in [0.25, 0.3) is 0 Å². The predicted molar refractivity (Wildman–Crippen MR) is 68.4 cm³/mol. The van der Waals surface area contributed by atoms with Crippen LogP contribution in [0.3, 0.4) is 0 Å². The van der Waals surface area contributed by atoms with E-state index in [1.807, 2.05) is 4.90 Å². The molecule has 7 heteroatoms. The van der Waals surface area contributed by atoms with Gasteiger partial charge >= 0.3 is 6.18 Å². The molecule has 2 rings (SSSR count).